The van der Waals surface area contributed by atoms with Crippen LogP contribution < -0.4 is 5.73 Å². The Bertz CT molecular complexity index is 521. The van der Waals surface area contributed by atoms with Gasteiger partial charge in [0.2, 0.25) is 0 Å². The number of H-pyrrole nitrogens is 1. The number of primary amides is 1. The third-order valence-electron chi connectivity index (χ3n) is 2.22. The number of halogens is 1. The van der Waals surface area contributed by atoms with Gasteiger partial charge in [-0.1, -0.05) is 18.2 Å². The molecule has 16 heavy (non-hydrogen) atoms. The number of amides is 1. The van der Waals surface area contributed by atoms with Crippen LogP contribution in [0.5, 0.6) is 0 Å². The lowest BCUT2D eigenvalue weighted by molar-refractivity contribution is 0.0995. The summed E-state index contributed by atoms with van der Waals surface area (Å²) in [5.74, 6) is -0.881. The van der Waals surface area contributed by atoms with Crippen molar-refractivity contribution in [3.63, 3.8) is 0 Å². The molecule has 0 saturated carbocycles. The Balaban J connectivity index is 2.21. The predicted molar refractivity (Wildman–Crippen MR) is 56.3 cm³/mol. The van der Waals surface area contributed by atoms with Crippen molar-refractivity contribution in [2.75, 3.05) is 0 Å². The van der Waals surface area contributed by atoms with E-state index in [9.17, 15) is 9.18 Å². The van der Waals surface area contributed by atoms with E-state index in [-0.39, 0.29) is 11.5 Å². The van der Waals surface area contributed by atoms with Crippen LogP contribution in [0.4, 0.5) is 4.39 Å². The van der Waals surface area contributed by atoms with Gasteiger partial charge in [-0.15, -0.1) is 0 Å². The molecule has 1 heterocycles. The summed E-state index contributed by atoms with van der Waals surface area (Å²) in [6.07, 6.45) is 0.354. The number of nitrogens with two attached hydrogens (primary N) is 1. The van der Waals surface area contributed by atoms with Crippen molar-refractivity contribution in [1.29, 1.82) is 0 Å². The second-order valence-corrected chi connectivity index (χ2v) is 3.41. The number of hydrogen-bond acceptors (Lipinski definition) is 2. The van der Waals surface area contributed by atoms with Crippen molar-refractivity contribution in [3.8, 4) is 0 Å². The minimum atomic E-state index is -0.601. The van der Waals surface area contributed by atoms with Crippen LogP contribution in [0.15, 0.2) is 30.3 Å². The molecule has 2 aromatic rings. The summed E-state index contributed by atoms with van der Waals surface area (Å²) in [4.78, 5) is 10.8. The van der Waals surface area contributed by atoms with Gasteiger partial charge in [-0.25, -0.2) is 4.39 Å². The number of hydrogen-bond donors (Lipinski definition) is 2. The first-order valence-electron chi connectivity index (χ1n) is 4.74. The SMILES string of the molecule is NC(=O)c1cc(Cc2ccccc2F)[nH]n1. The van der Waals surface area contributed by atoms with Crippen LogP contribution in [0.25, 0.3) is 0 Å². The number of nitrogens with zero attached hydrogens (tertiary/aromatic N) is 1. The minimum absolute atomic E-state index is 0.159. The molecule has 5 heteroatoms. The minimum Gasteiger partial charge on any atom is -0.364 e. The average molecular weight is 219 g/mol. The molecule has 1 aromatic heterocycles. The van der Waals surface area contributed by atoms with E-state index < -0.39 is 5.91 Å². The number of aromatic nitrogens is 2. The van der Waals surface area contributed by atoms with Gasteiger partial charge in [0.1, 0.15) is 11.5 Å². The lowest BCUT2D eigenvalue weighted by Crippen LogP contribution is -2.11. The number of rotatable bonds is 3. The molecular formula is C11H10FN3O. The van der Waals surface area contributed by atoms with Crippen LogP contribution in [0.2, 0.25) is 0 Å². The molecule has 4 nitrogen and oxygen atoms in total. The van der Waals surface area contributed by atoms with Crippen LogP contribution >= 0.6 is 0 Å². The fourth-order valence-corrected chi connectivity index (χ4v) is 1.43. The van der Waals surface area contributed by atoms with Crippen LogP contribution in [0, 0.1) is 5.82 Å². The summed E-state index contributed by atoms with van der Waals surface area (Å²) < 4.78 is 13.3. The smallest absolute Gasteiger partial charge is 0.269 e. The van der Waals surface area contributed by atoms with Crippen molar-refractivity contribution in [1.82, 2.24) is 10.2 Å². The first-order chi connectivity index (χ1) is 7.66. The molecule has 0 radical (unpaired) electrons. The second kappa shape index (κ2) is 4.14. The molecule has 0 aliphatic heterocycles. The Morgan fingerprint density at radius 1 is 1.44 bits per heavy atom. The molecule has 0 bridgehead atoms. The molecule has 0 aliphatic rings. The Hall–Kier alpha value is -2.17. The van der Waals surface area contributed by atoms with Gasteiger partial charge in [-0.05, 0) is 17.7 Å². The highest BCUT2D eigenvalue weighted by atomic mass is 19.1. The summed E-state index contributed by atoms with van der Waals surface area (Å²) in [6, 6.07) is 7.97. The van der Waals surface area contributed by atoms with Crippen molar-refractivity contribution in [2.45, 2.75) is 6.42 Å². The highest BCUT2D eigenvalue weighted by molar-refractivity contribution is 5.90. The average Bonchev–Trinajstić information content (AvgIpc) is 2.70. The quantitative estimate of drug-likeness (QED) is 0.815. The van der Waals surface area contributed by atoms with Crippen molar-refractivity contribution >= 4 is 5.91 Å². The zero-order valence-corrected chi connectivity index (χ0v) is 8.40. The van der Waals surface area contributed by atoms with Crippen molar-refractivity contribution in [3.05, 3.63) is 53.1 Å². The van der Waals surface area contributed by atoms with E-state index in [0.717, 1.165) is 0 Å². The summed E-state index contributed by atoms with van der Waals surface area (Å²) in [6.45, 7) is 0. The van der Waals surface area contributed by atoms with Crippen LogP contribution in [0.3, 0.4) is 0 Å². The highest BCUT2D eigenvalue weighted by Crippen LogP contribution is 2.11. The Kier molecular flexibility index (Phi) is 2.68. The Labute approximate surface area is 91.3 Å². The summed E-state index contributed by atoms with van der Waals surface area (Å²) in [5, 5.41) is 6.36. The normalized spacial score (nSPS) is 10.3. The summed E-state index contributed by atoms with van der Waals surface area (Å²) in [7, 11) is 0. The van der Waals surface area contributed by atoms with E-state index in [1.807, 2.05) is 0 Å². The molecule has 0 fully saturated rings. The van der Waals surface area contributed by atoms with Crippen LogP contribution in [-0.2, 0) is 6.42 Å². The number of nitrogens with one attached hydrogen (secondary N) is 1. The van der Waals surface area contributed by atoms with Gasteiger partial charge >= 0.3 is 0 Å². The summed E-state index contributed by atoms with van der Waals surface area (Å²) >= 11 is 0. The molecule has 82 valence electrons. The Morgan fingerprint density at radius 3 is 2.81 bits per heavy atom. The first-order valence-corrected chi connectivity index (χ1v) is 4.74. The fraction of sp³-hybridized carbons (Fsp3) is 0.0909. The van der Waals surface area contributed by atoms with E-state index in [4.69, 9.17) is 5.73 Å². The fourth-order valence-electron chi connectivity index (χ4n) is 1.43. The van der Waals surface area contributed by atoms with Gasteiger partial charge in [0, 0.05) is 12.1 Å². The lowest BCUT2D eigenvalue weighted by atomic mass is 10.1. The number of carbonyl (C=O) groups excluding carboxylic acids is 1. The maximum atomic E-state index is 13.3. The molecular weight excluding hydrogens is 209 g/mol. The zero-order chi connectivity index (χ0) is 11.5. The molecule has 0 aliphatic carbocycles. The largest absolute Gasteiger partial charge is 0.364 e. The van der Waals surface area contributed by atoms with Crippen molar-refractivity contribution < 1.29 is 9.18 Å². The second-order valence-electron chi connectivity index (χ2n) is 3.41. The topological polar surface area (TPSA) is 71.8 Å². The third kappa shape index (κ3) is 2.08. The standard InChI is InChI=1S/C11H10FN3O/c12-9-4-2-1-3-7(9)5-8-6-10(11(13)16)15-14-8/h1-4,6H,5H2,(H2,13,16)(H,14,15). The van der Waals surface area contributed by atoms with Gasteiger partial charge in [-0.2, -0.15) is 5.10 Å². The molecule has 2 rings (SSSR count). The van der Waals surface area contributed by atoms with E-state index in [2.05, 4.69) is 10.2 Å². The van der Waals surface area contributed by atoms with Gasteiger partial charge in [-0.3, -0.25) is 9.89 Å². The van der Waals surface area contributed by atoms with E-state index in [1.165, 1.54) is 12.1 Å². The predicted octanol–water partition coefficient (Wildman–Crippen LogP) is 1.24. The van der Waals surface area contributed by atoms with Crippen molar-refractivity contribution in [2.24, 2.45) is 5.73 Å². The van der Waals surface area contributed by atoms with Gasteiger partial charge in [0.15, 0.2) is 0 Å². The number of carbonyl (C=O) groups is 1. The van der Waals surface area contributed by atoms with Gasteiger partial charge in [0.25, 0.3) is 5.91 Å². The maximum Gasteiger partial charge on any atom is 0.269 e. The van der Waals surface area contributed by atoms with Crippen LogP contribution in [-0.4, -0.2) is 16.1 Å². The van der Waals surface area contributed by atoms with E-state index >= 15 is 0 Å². The molecule has 0 unspecified atom stereocenters. The molecule has 0 atom stereocenters. The van der Waals surface area contributed by atoms with Crippen LogP contribution in [0.1, 0.15) is 21.7 Å². The van der Waals surface area contributed by atoms with Gasteiger partial charge < -0.3 is 5.73 Å². The maximum absolute atomic E-state index is 13.3. The highest BCUT2D eigenvalue weighted by Gasteiger charge is 2.08. The van der Waals surface area contributed by atoms with E-state index in [0.29, 0.717) is 17.7 Å². The number of aromatic amines is 1. The lowest BCUT2D eigenvalue weighted by Gasteiger charge is -1.99. The molecule has 0 saturated heterocycles. The molecule has 1 amide bonds. The molecule has 1 aromatic carbocycles. The summed E-state index contributed by atoms with van der Waals surface area (Å²) in [5.41, 5.74) is 6.41. The van der Waals surface area contributed by atoms with E-state index in [1.54, 1.807) is 18.2 Å². The molecule has 0 spiro atoms. The first kappa shape index (κ1) is 10.4. The monoisotopic (exact) mass is 219 g/mol. The Morgan fingerprint density at radius 2 is 2.19 bits per heavy atom. The number of benzene rings is 1. The third-order valence-corrected chi connectivity index (χ3v) is 2.22. The van der Waals surface area contributed by atoms with Gasteiger partial charge in [0.05, 0.1) is 0 Å². The molecule has 3 N–H and O–H groups in total. The zero-order valence-electron chi connectivity index (χ0n) is 8.40.